The highest BCUT2D eigenvalue weighted by atomic mass is 19.1. The second-order valence-electron chi connectivity index (χ2n) is 9.32. The molecule has 43 heavy (non-hydrogen) atoms. The third-order valence-corrected chi connectivity index (χ3v) is 6.03. The van der Waals surface area contributed by atoms with E-state index in [4.69, 9.17) is 23.7 Å². The molecule has 7 heteroatoms. The summed E-state index contributed by atoms with van der Waals surface area (Å²) in [6, 6.07) is 40.4. The van der Waals surface area contributed by atoms with Crippen LogP contribution in [0.4, 0.5) is 8.78 Å². The standard InChI is InChI=1S/C36H24F2O5/c37-25-13-17-27(18-14-25)39-29-5-1-7-31(21-29)41-33-9-3-11-35(23-33)43-36-12-4-10-34(24-36)42-32-8-2-6-30(22-32)40-28-19-15-26(38)16-20-28/h1-24H. The lowest BCUT2D eigenvalue weighted by molar-refractivity contribution is 0.445. The third-order valence-electron chi connectivity index (χ3n) is 6.03. The second-order valence-corrected chi connectivity index (χ2v) is 9.32. The van der Waals surface area contributed by atoms with Crippen molar-refractivity contribution in [2.75, 3.05) is 0 Å². The van der Waals surface area contributed by atoms with Gasteiger partial charge in [-0.1, -0.05) is 24.3 Å². The molecule has 0 N–H and O–H groups in total. The maximum Gasteiger partial charge on any atom is 0.131 e. The van der Waals surface area contributed by atoms with Gasteiger partial charge in [0.25, 0.3) is 0 Å². The molecule has 6 aromatic carbocycles. The first-order chi connectivity index (χ1) is 21.0. The highest BCUT2D eigenvalue weighted by molar-refractivity contribution is 5.45. The Bertz CT molecular complexity index is 1690. The average molecular weight is 575 g/mol. The summed E-state index contributed by atoms with van der Waals surface area (Å²) in [5.74, 6) is 4.92. The third kappa shape index (κ3) is 7.68. The van der Waals surface area contributed by atoms with E-state index in [-0.39, 0.29) is 11.6 Å². The van der Waals surface area contributed by atoms with Crippen LogP contribution < -0.4 is 23.7 Å². The molecule has 0 aromatic heterocycles. The summed E-state index contributed by atoms with van der Waals surface area (Å²) in [5.41, 5.74) is 0. The summed E-state index contributed by atoms with van der Waals surface area (Å²) in [4.78, 5) is 0. The number of hydrogen-bond acceptors (Lipinski definition) is 5. The Kier molecular flexibility index (Phi) is 8.13. The summed E-state index contributed by atoms with van der Waals surface area (Å²) in [6.45, 7) is 0. The van der Waals surface area contributed by atoms with E-state index in [9.17, 15) is 8.78 Å². The van der Waals surface area contributed by atoms with Gasteiger partial charge in [-0.3, -0.25) is 0 Å². The summed E-state index contributed by atoms with van der Waals surface area (Å²) in [6.07, 6.45) is 0. The maximum atomic E-state index is 13.2. The molecule has 6 aromatic rings. The van der Waals surface area contributed by atoms with Crippen molar-refractivity contribution in [3.05, 3.63) is 157 Å². The highest BCUT2D eigenvalue weighted by Crippen LogP contribution is 2.34. The molecular weight excluding hydrogens is 550 g/mol. The molecule has 0 saturated carbocycles. The Morgan fingerprint density at radius 3 is 0.698 bits per heavy atom. The van der Waals surface area contributed by atoms with Crippen LogP contribution in [-0.2, 0) is 0 Å². The predicted octanol–water partition coefficient (Wildman–Crippen LogP) is 10.9. The van der Waals surface area contributed by atoms with Crippen molar-refractivity contribution in [2.24, 2.45) is 0 Å². The van der Waals surface area contributed by atoms with Gasteiger partial charge in [0.1, 0.15) is 69.1 Å². The van der Waals surface area contributed by atoms with E-state index in [1.54, 1.807) is 60.7 Å². The van der Waals surface area contributed by atoms with E-state index in [0.29, 0.717) is 57.5 Å². The van der Waals surface area contributed by atoms with Crippen molar-refractivity contribution < 1.29 is 32.5 Å². The Morgan fingerprint density at radius 1 is 0.256 bits per heavy atom. The molecule has 0 aliphatic heterocycles. The van der Waals surface area contributed by atoms with Crippen LogP contribution in [0.2, 0.25) is 0 Å². The number of rotatable bonds is 10. The van der Waals surface area contributed by atoms with Gasteiger partial charge in [-0.2, -0.15) is 0 Å². The van der Waals surface area contributed by atoms with Gasteiger partial charge in [0.05, 0.1) is 0 Å². The SMILES string of the molecule is Fc1ccc(Oc2cccc(Oc3cccc(Oc4cccc(Oc5cccc(Oc6ccc(F)cc6)c5)c4)c3)c2)cc1. The lowest BCUT2D eigenvalue weighted by Gasteiger charge is -2.12. The molecule has 212 valence electrons. The van der Waals surface area contributed by atoms with Gasteiger partial charge in [-0.25, -0.2) is 8.78 Å². The first-order valence-corrected chi connectivity index (χ1v) is 13.3. The van der Waals surface area contributed by atoms with E-state index in [1.165, 1.54) is 24.3 Å². The van der Waals surface area contributed by atoms with Gasteiger partial charge in [-0.15, -0.1) is 0 Å². The zero-order valence-electron chi connectivity index (χ0n) is 22.7. The van der Waals surface area contributed by atoms with Gasteiger partial charge in [-0.05, 0) is 97.1 Å². The van der Waals surface area contributed by atoms with Crippen LogP contribution in [0.25, 0.3) is 0 Å². The van der Waals surface area contributed by atoms with Crippen molar-refractivity contribution >= 4 is 0 Å². The molecule has 0 fully saturated rings. The Hall–Kier alpha value is -5.82. The first kappa shape index (κ1) is 27.4. The molecule has 0 bridgehead atoms. The van der Waals surface area contributed by atoms with E-state index >= 15 is 0 Å². The number of halogens is 2. The van der Waals surface area contributed by atoms with Crippen LogP contribution >= 0.6 is 0 Å². The van der Waals surface area contributed by atoms with Gasteiger partial charge in [0, 0.05) is 24.3 Å². The van der Waals surface area contributed by atoms with E-state index < -0.39 is 0 Å². The average Bonchev–Trinajstić information content (AvgIpc) is 3.00. The monoisotopic (exact) mass is 574 g/mol. The van der Waals surface area contributed by atoms with E-state index in [2.05, 4.69) is 0 Å². The molecule has 0 unspecified atom stereocenters. The van der Waals surface area contributed by atoms with E-state index in [0.717, 1.165) is 0 Å². The topological polar surface area (TPSA) is 46.2 Å². The van der Waals surface area contributed by atoms with Crippen LogP contribution in [0.15, 0.2) is 146 Å². The molecule has 6 rings (SSSR count). The fourth-order valence-corrected chi connectivity index (χ4v) is 4.09. The summed E-state index contributed by atoms with van der Waals surface area (Å²) in [5, 5.41) is 0. The molecule has 0 atom stereocenters. The lowest BCUT2D eigenvalue weighted by atomic mass is 10.3. The second kappa shape index (κ2) is 12.8. The molecule has 0 amide bonds. The fourth-order valence-electron chi connectivity index (χ4n) is 4.09. The number of ether oxygens (including phenoxy) is 5. The normalized spacial score (nSPS) is 10.6. The zero-order valence-corrected chi connectivity index (χ0v) is 22.7. The van der Waals surface area contributed by atoms with Crippen LogP contribution in [0.3, 0.4) is 0 Å². The first-order valence-electron chi connectivity index (χ1n) is 13.3. The Labute approximate surface area is 247 Å². The van der Waals surface area contributed by atoms with Crippen molar-refractivity contribution in [1.29, 1.82) is 0 Å². The smallest absolute Gasteiger partial charge is 0.131 e. The molecule has 5 nitrogen and oxygen atoms in total. The van der Waals surface area contributed by atoms with Crippen molar-refractivity contribution in [1.82, 2.24) is 0 Å². The van der Waals surface area contributed by atoms with Crippen LogP contribution in [-0.4, -0.2) is 0 Å². The minimum atomic E-state index is -0.328. The van der Waals surface area contributed by atoms with Gasteiger partial charge >= 0.3 is 0 Å². The Morgan fingerprint density at radius 2 is 0.465 bits per heavy atom. The molecular formula is C36H24F2O5. The molecule has 0 spiro atoms. The minimum Gasteiger partial charge on any atom is -0.457 e. The predicted molar refractivity (Wildman–Crippen MR) is 159 cm³/mol. The highest BCUT2D eigenvalue weighted by Gasteiger charge is 2.07. The zero-order chi connectivity index (χ0) is 29.4. The quantitative estimate of drug-likeness (QED) is 0.163. The fraction of sp³-hybridized carbons (Fsp3) is 0. The number of benzene rings is 6. The van der Waals surface area contributed by atoms with Crippen molar-refractivity contribution in [3.63, 3.8) is 0 Å². The Balaban J connectivity index is 1.10. The van der Waals surface area contributed by atoms with Crippen LogP contribution in [0.5, 0.6) is 57.5 Å². The maximum absolute atomic E-state index is 13.2. The van der Waals surface area contributed by atoms with Gasteiger partial charge < -0.3 is 23.7 Å². The van der Waals surface area contributed by atoms with Gasteiger partial charge in [0.2, 0.25) is 0 Å². The van der Waals surface area contributed by atoms with Gasteiger partial charge in [0.15, 0.2) is 0 Å². The van der Waals surface area contributed by atoms with Crippen LogP contribution in [0.1, 0.15) is 0 Å². The minimum absolute atomic E-state index is 0.328. The molecule has 0 saturated heterocycles. The van der Waals surface area contributed by atoms with Crippen molar-refractivity contribution in [2.45, 2.75) is 0 Å². The summed E-state index contributed by atoms with van der Waals surface area (Å²) < 4.78 is 56.2. The van der Waals surface area contributed by atoms with Crippen LogP contribution in [0, 0.1) is 11.6 Å². The summed E-state index contributed by atoms with van der Waals surface area (Å²) in [7, 11) is 0. The molecule has 0 aliphatic rings. The number of hydrogen-bond donors (Lipinski definition) is 0. The summed E-state index contributed by atoms with van der Waals surface area (Å²) >= 11 is 0. The largest absolute Gasteiger partial charge is 0.457 e. The lowest BCUT2D eigenvalue weighted by Crippen LogP contribution is -1.90. The molecule has 0 radical (unpaired) electrons. The van der Waals surface area contributed by atoms with Crippen molar-refractivity contribution in [3.8, 4) is 57.5 Å². The molecule has 0 aliphatic carbocycles. The van der Waals surface area contributed by atoms with E-state index in [1.807, 2.05) is 60.7 Å². The molecule has 0 heterocycles.